The van der Waals surface area contributed by atoms with Crippen LogP contribution in [-0.2, 0) is 13.6 Å². The summed E-state index contributed by atoms with van der Waals surface area (Å²) in [5.41, 5.74) is 2.35. The van der Waals surface area contributed by atoms with Gasteiger partial charge in [-0.15, -0.1) is 5.10 Å². The summed E-state index contributed by atoms with van der Waals surface area (Å²) in [6, 6.07) is 11.4. The lowest BCUT2D eigenvalue weighted by molar-refractivity contribution is 0.153. The first kappa shape index (κ1) is 13.7. The van der Waals surface area contributed by atoms with E-state index in [9.17, 15) is 0 Å². The molecule has 1 unspecified atom stereocenters. The summed E-state index contributed by atoms with van der Waals surface area (Å²) in [7, 11) is 1.90. The van der Waals surface area contributed by atoms with Gasteiger partial charge in [-0.3, -0.25) is 9.58 Å². The largest absolute Gasteiger partial charge is 0.288 e. The SMILES string of the molecule is CC(C)N(Cc1cn(C)nn1)C(C)c1ccccc1. The van der Waals surface area contributed by atoms with Crippen molar-refractivity contribution in [2.24, 2.45) is 7.05 Å². The average Bonchev–Trinajstić information content (AvgIpc) is 2.81. The lowest BCUT2D eigenvalue weighted by Gasteiger charge is -2.32. The van der Waals surface area contributed by atoms with Crippen LogP contribution in [0.4, 0.5) is 0 Å². The van der Waals surface area contributed by atoms with E-state index < -0.39 is 0 Å². The van der Waals surface area contributed by atoms with Crippen molar-refractivity contribution >= 4 is 0 Å². The van der Waals surface area contributed by atoms with Gasteiger partial charge in [0.1, 0.15) is 0 Å². The molecule has 102 valence electrons. The molecule has 1 aromatic heterocycles. The van der Waals surface area contributed by atoms with Gasteiger partial charge in [-0.1, -0.05) is 35.5 Å². The summed E-state index contributed by atoms with van der Waals surface area (Å²) >= 11 is 0. The Labute approximate surface area is 115 Å². The molecule has 1 heterocycles. The first-order valence-electron chi connectivity index (χ1n) is 6.74. The van der Waals surface area contributed by atoms with Crippen molar-refractivity contribution in [3.63, 3.8) is 0 Å². The number of nitrogens with zero attached hydrogens (tertiary/aromatic N) is 4. The van der Waals surface area contributed by atoms with Crippen LogP contribution in [-0.4, -0.2) is 25.9 Å². The molecular formula is C15H22N4. The summed E-state index contributed by atoms with van der Waals surface area (Å²) in [5.74, 6) is 0. The summed E-state index contributed by atoms with van der Waals surface area (Å²) in [6.45, 7) is 7.50. The van der Waals surface area contributed by atoms with Gasteiger partial charge in [-0.05, 0) is 26.3 Å². The molecule has 4 nitrogen and oxygen atoms in total. The standard InChI is InChI=1S/C15H22N4/c1-12(2)19(11-15-10-18(4)17-16-15)13(3)14-8-6-5-7-9-14/h5-10,12-13H,11H2,1-4H3. The lowest BCUT2D eigenvalue weighted by atomic mass is 10.1. The fourth-order valence-electron chi connectivity index (χ4n) is 2.34. The third kappa shape index (κ3) is 3.41. The first-order valence-corrected chi connectivity index (χ1v) is 6.74. The van der Waals surface area contributed by atoms with Crippen molar-refractivity contribution in [3.05, 3.63) is 47.8 Å². The van der Waals surface area contributed by atoms with E-state index in [4.69, 9.17) is 0 Å². The maximum absolute atomic E-state index is 4.19. The predicted octanol–water partition coefficient (Wildman–Crippen LogP) is 2.79. The summed E-state index contributed by atoms with van der Waals surface area (Å²) in [4.78, 5) is 2.43. The van der Waals surface area contributed by atoms with Gasteiger partial charge in [0.25, 0.3) is 0 Å². The normalized spacial score (nSPS) is 13.2. The zero-order valence-electron chi connectivity index (χ0n) is 12.1. The summed E-state index contributed by atoms with van der Waals surface area (Å²) in [5, 5.41) is 8.19. The van der Waals surface area contributed by atoms with Crippen LogP contribution in [0.5, 0.6) is 0 Å². The van der Waals surface area contributed by atoms with Crippen molar-refractivity contribution in [3.8, 4) is 0 Å². The molecule has 0 radical (unpaired) electrons. The second kappa shape index (κ2) is 5.97. The molecule has 0 bridgehead atoms. The van der Waals surface area contributed by atoms with Crippen LogP contribution in [0.2, 0.25) is 0 Å². The van der Waals surface area contributed by atoms with Gasteiger partial charge in [0.15, 0.2) is 0 Å². The Bertz CT molecular complexity index is 504. The molecule has 0 aliphatic rings. The average molecular weight is 258 g/mol. The third-order valence-corrected chi connectivity index (χ3v) is 3.44. The highest BCUT2D eigenvalue weighted by molar-refractivity contribution is 5.18. The second-order valence-corrected chi connectivity index (χ2v) is 5.24. The molecule has 0 amide bonds. The molecule has 1 atom stereocenters. The predicted molar refractivity (Wildman–Crippen MR) is 76.5 cm³/mol. The zero-order valence-corrected chi connectivity index (χ0v) is 12.1. The maximum Gasteiger partial charge on any atom is 0.0967 e. The molecule has 0 N–H and O–H groups in total. The van der Waals surface area contributed by atoms with Crippen molar-refractivity contribution in [2.45, 2.75) is 39.4 Å². The van der Waals surface area contributed by atoms with Crippen molar-refractivity contribution in [2.75, 3.05) is 0 Å². The molecule has 19 heavy (non-hydrogen) atoms. The summed E-state index contributed by atoms with van der Waals surface area (Å²) in [6.07, 6.45) is 1.98. The second-order valence-electron chi connectivity index (χ2n) is 5.24. The van der Waals surface area contributed by atoms with Crippen molar-refractivity contribution < 1.29 is 0 Å². The fourth-order valence-corrected chi connectivity index (χ4v) is 2.34. The fraction of sp³-hybridized carbons (Fsp3) is 0.467. The Balaban J connectivity index is 2.16. The molecule has 0 saturated carbocycles. The topological polar surface area (TPSA) is 34.0 Å². The number of aryl methyl sites for hydroxylation is 1. The van der Waals surface area contributed by atoms with Gasteiger partial charge >= 0.3 is 0 Å². The van der Waals surface area contributed by atoms with Gasteiger partial charge in [0.05, 0.1) is 5.69 Å². The van der Waals surface area contributed by atoms with Crippen LogP contribution in [0.1, 0.15) is 38.1 Å². The first-order chi connectivity index (χ1) is 9.08. The van der Waals surface area contributed by atoms with Crippen LogP contribution >= 0.6 is 0 Å². The number of benzene rings is 1. The van der Waals surface area contributed by atoms with Crippen LogP contribution in [0.15, 0.2) is 36.5 Å². The molecule has 2 rings (SSSR count). The Morgan fingerprint density at radius 3 is 2.37 bits per heavy atom. The van der Waals surface area contributed by atoms with Crippen LogP contribution in [0, 0.1) is 0 Å². The number of hydrogen-bond donors (Lipinski definition) is 0. The van der Waals surface area contributed by atoms with Gasteiger partial charge in [-0.25, -0.2) is 0 Å². The van der Waals surface area contributed by atoms with Gasteiger partial charge in [0.2, 0.25) is 0 Å². The quantitative estimate of drug-likeness (QED) is 0.827. The highest BCUT2D eigenvalue weighted by Gasteiger charge is 2.19. The smallest absolute Gasteiger partial charge is 0.0967 e. The van der Waals surface area contributed by atoms with Gasteiger partial charge in [-0.2, -0.15) is 0 Å². The van der Waals surface area contributed by atoms with E-state index >= 15 is 0 Å². The monoisotopic (exact) mass is 258 g/mol. The van der Waals surface area contributed by atoms with E-state index in [0.717, 1.165) is 12.2 Å². The Hall–Kier alpha value is -1.68. The Morgan fingerprint density at radius 1 is 1.16 bits per heavy atom. The lowest BCUT2D eigenvalue weighted by Crippen LogP contribution is -2.33. The number of hydrogen-bond acceptors (Lipinski definition) is 3. The minimum atomic E-state index is 0.364. The molecule has 0 aliphatic heterocycles. The summed E-state index contributed by atoms with van der Waals surface area (Å²) < 4.78 is 1.75. The van der Waals surface area contributed by atoms with Crippen LogP contribution in [0.3, 0.4) is 0 Å². The van der Waals surface area contributed by atoms with Crippen LogP contribution < -0.4 is 0 Å². The minimum absolute atomic E-state index is 0.364. The molecule has 0 aliphatic carbocycles. The highest BCUT2D eigenvalue weighted by Crippen LogP contribution is 2.23. The number of rotatable bonds is 5. The number of aromatic nitrogens is 3. The van der Waals surface area contributed by atoms with E-state index in [-0.39, 0.29) is 0 Å². The zero-order chi connectivity index (χ0) is 13.8. The molecule has 0 fully saturated rings. The van der Waals surface area contributed by atoms with E-state index in [0.29, 0.717) is 12.1 Å². The molecule has 2 aromatic rings. The van der Waals surface area contributed by atoms with Crippen LogP contribution in [0.25, 0.3) is 0 Å². The maximum atomic E-state index is 4.19. The van der Waals surface area contributed by atoms with Gasteiger partial charge < -0.3 is 0 Å². The van der Waals surface area contributed by atoms with E-state index in [1.54, 1.807) is 4.68 Å². The molecular weight excluding hydrogens is 236 g/mol. The van der Waals surface area contributed by atoms with E-state index in [2.05, 4.69) is 66.3 Å². The van der Waals surface area contributed by atoms with Crippen molar-refractivity contribution in [1.29, 1.82) is 0 Å². The Morgan fingerprint density at radius 2 is 1.84 bits per heavy atom. The molecule has 1 aromatic carbocycles. The Kier molecular flexibility index (Phi) is 4.32. The molecule has 0 spiro atoms. The third-order valence-electron chi connectivity index (χ3n) is 3.44. The molecule has 0 saturated heterocycles. The van der Waals surface area contributed by atoms with Gasteiger partial charge in [0, 0.05) is 31.9 Å². The van der Waals surface area contributed by atoms with E-state index in [1.165, 1.54) is 5.56 Å². The molecule has 4 heteroatoms. The highest BCUT2D eigenvalue weighted by atomic mass is 15.4. The van der Waals surface area contributed by atoms with E-state index in [1.807, 2.05) is 13.2 Å². The van der Waals surface area contributed by atoms with Crippen molar-refractivity contribution in [1.82, 2.24) is 19.9 Å². The minimum Gasteiger partial charge on any atom is -0.288 e.